The van der Waals surface area contributed by atoms with E-state index in [1.807, 2.05) is 53.4 Å². The van der Waals surface area contributed by atoms with Crippen molar-refractivity contribution in [1.82, 2.24) is 10.6 Å². The van der Waals surface area contributed by atoms with Crippen molar-refractivity contribution < 1.29 is 28.6 Å². The first-order valence-electron chi connectivity index (χ1n) is 15.7. The predicted octanol–water partition coefficient (Wildman–Crippen LogP) is 3.32. The molecule has 5 rings (SSSR count). The van der Waals surface area contributed by atoms with Crippen molar-refractivity contribution >= 4 is 29.1 Å². The van der Waals surface area contributed by atoms with Crippen molar-refractivity contribution in [1.29, 1.82) is 0 Å². The summed E-state index contributed by atoms with van der Waals surface area (Å²) in [6.45, 7) is 6.02. The van der Waals surface area contributed by atoms with Gasteiger partial charge in [0.15, 0.2) is 5.60 Å². The lowest BCUT2D eigenvalue weighted by Gasteiger charge is -2.40. The van der Waals surface area contributed by atoms with E-state index in [1.165, 1.54) is 0 Å². The molecule has 1 aliphatic carbocycles. The first-order valence-corrected chi connectivity index (χ1v) is 15.7. The quantitative estimate of drug-likeness (QED) is 0.337. The minimum Gasteiger partial charge on any atom is -0.476 e. The molecular weight excluding hydrogens is 560 g/mol. The molecule has 1 saturated heterocycles. The predicted molar refractivity (Wildman–Crippen MR) is 169 cm³/mol. The third-order valence-corrected chi connectivity index (χ3v) is 8.63. The minimum atomic E-state index is -0.986. The third kappa shape index (κ3) is 7.42. The Hall–Kier alpha value is -3.47. The zero-order chi connectivity index (χ0) is 31.3. The summed E-state index contributed by atoms with van der Waals surface area (Å²) in [5.41, 5.74) is 1.56. The molecule has 3 aliphatic rings. The van der Waals surface area contributed by atoms with Gasteiger partial charge in [0.05, 0.1) is 30.2 Å². The average Bonchev–Trinajstić information content (AvgIpc) is 3.85. The molecule has 2 fully saturated rings. The highest BCUT2D eigenvalue weighted by Gasteiger charge is 2.43. The van der Waals surface area contributed by atoms with Crippen LogP contribution in [0.5, 0.6) is 5.75 Å². The standard InChI is InChI=1S/C34H46N4O6/c1-34(2)33(41)37(15-8-16-42-3)29-19-28(13-14-30(29)44-34)38(27-11-12-27)32(40)25-18-24(20-35-21-25)31(39)36-26(22-43-4)17-23-9-6-5-7-10-23/h5-7,9-10,13-14,19,24-27,35H,8,11-12,15-18,20-22H2,1-4H3,(H,36,39)/t24-,25+,26-/m0/s1. The second kappa shape index (κ2) is 14.1. The summed E-state index contributed by atoms with van der Waals surface area (Å²) in [6, 6.07) is 15.7. The van der Waals surface area contributed by atoms with Crippen LogP contribution in [0.15, 0.2) is 48.5 Å². The Morgan fingerprint density at radius 1 is 1.09 bits per heavy atom. The van der Waals surface area contributed by atoms with E-state index in [9.17, 15) is 14.4 Å². The van der Waals surface area contributed by atoms with Gasteiger partial charge in [-0.05, 0) is 69.7 Å². The molecular formula is C34H46N4O6. The van der Waals surface area contributed by atoms with Crippen LogP contribution in [0.25, 0.3) is 0 Å². The Kier molecular flexibility index (Phi) is 10.2. The number of hydrogen-bond donors (Lipinski definition) is 2. The summed E-state index contributed by atoms with van der Waals surface area (Å²) in [6.07, 6.45) is 3.66. The lowest BCUT2D eigenvalue weighted by molar-refractivity contribution is -0.132. The van der Waals surface area contributed by atoms with Crippen LogP contribution in [-0.2, 0) is 30.3 Å². The number of hydrogen-bond acceptors (Lipinski definition) is 7. The maximum atomic E-state index is 14.1. The summed E-state index contributed by atoms with van der Waals surface area (Å²) in [5.74, 6) is -0.236. The number of nitrogens with one attached hydrogen (secondary N) is 2. The SMILES string of the molecule is COCCCN1C(=O)C(C)(C)Oc2ccc(N(C(=O)[C@H]3CNC[C@@H](C(=O)N[C@H](COC)Cc4ccccc4)C3)C3CC3)cc21. The van der Waals surface area contributed by atoms with Crippen LogP contribution in [0.2, 0.25) is 0 Å². The number of carbonyl (C=O) groups is 3. The first-order chi connectivity index (χ1) is 21.2. The normalized spacial score (nSPS) is 21.6. The van der Waals surface area contributed by atoms with Gasteiger partial charge in [-0.2, -0.15) is 0 Å². The average molecular weight is 607 g/mol. The molecule has 0 aromatic heterocycles. The topological polar surface area (TPSA) is 109 Å². The molecule has 0 bridgehead atoms. The third-order valence-electron chi connectivity index (χ3n) is 8.63. The molecule has 2 aromatic rings. The van der Waals surface area contributed by atoms with Crippen molar-refractivity contribution in [2.75, 3.05) is 56.9 Å². The molecule has 3 atom stereocenters. The van der Waals surface area contributed by atoms with Crippen molar-refractivity contribution in [3.8, 4) is 5.75 Å². The molecule has 2 N–H and O–H groups in total. The zero-order valence-electron chi connectivity index (χ0n) is 26.3. The van der Waals surface area contributed by atoms with Crippen LogP contribution >= 0.6 is 0 Å². The maximum Gasteiger partial charge on any atom is 0.270 e. The number of ether oxygens (including phenoxy) is 3. The van der Waals surface area contributed by atoms with Gasteiger partial charge in [-0.3, -0.25) is 14.4 Å². The lowest BCUT2D eigenvalue weighted by atomic mass is 9.88. The van der Waals surface area contributed by atoms with Crippen molar-refractivity contribution in [2.45, 2.75) is 63.6 Å². The monoisotopic (exact) mass is 606 g/mol. The Labute approximate surface area is 260 Å². The van der Waals surface area contributed by atoms with Crippen molar-refractivity contribution in [3.05, 3.63) is 54.1 Å². The van der Waals surface area contributed by atoms with Crippen LogP contribution in [0.3, 0.4) is 0 Å². The van der Waals surface area contributed by atoms with Crippen LogP contribution in [0, 0.1) is 11.8 Å². The molecule has 238 valence electrons. The van der Waals surface area contributed by atoms with E-state index < -0.39 is 5.60 Å². The van der Waals surface area contributed by atoms with Gasteiger partial charge < -0.3 is 34.6 Å². The van der Waals surface area contributed by atoms with Gasteiger partial charge >= 0.3 is 0 Å². The molecule has 2 heterocycles. The molecule has 2 aromatic carbocycles. The van der Waals surface area contributed by atoms with Crippen molar-refractivity contribution in [2.24, 2.45) is 11.8 Å². The van der Waals surface area contributed by atoms with E-state index in [2.05, 4.69) is 10.6 Å². The number of methoxy groups -OCH3 is 2. The number of amides is 3. The number of fused-ring (bicyclic) bond motifs is 1. The highest BCUT2D eigenvalue weighted by molar-refractivity contribution is 6.04. The van der Waals surface area contributed by atoms with Gasteiger partial charge in [0.1, 0.15) is 5.75 Å². The van der Waals surface area contributed by atoms with Gasteiger partial charge in [-0.25, -0.2) is 0 Å². The van der Waals surface area contributed by atoms with Gasteiger partial charge in [0, 0.05) is 52.2 Å². The molecule has 10 nitrogen and oxygen atoms in total. The van der Waals surface area contributed by atoms with E-state index >= 15 is 0 Å². The zero-order valence-corrected chi connectivity index (χ0v) is 26.3. The number of anilines is 2. The van der Waals surface area contributed by atoms with Crippen LogP contribution in [-0.4, -0.2) is 82.5 Å². The summed E-state index contributed by atoms with van der Waals surface area (Å²) >= 11 is 0. The molecule has 3 amide bonds. The van der Waals surface area contributed by atoms with Crippen LogP contribution in [0.1, 0.15) is 45.1 Å². The molecule has 0 unspecified atom stereocenters. The Morgan fingerprint density at radius 2 is 1.84 bits per heavy atom. The molecule has 44 heavy (non-hydrogen) atoms. The summed E-state index contributed by atoms with van der Waals surface area (Å²) < 4.78 is 16.7. The van der Waals surface area contributed by atoms with E-state index in [0.29, 0.717) is 63.5 Å². The lowest BCUT2D eigenvalue weighted by Crippen LogP contribution is -2.53. The number of benzene rings is 2. The maximum absolute atomic E-state index is 14.1. The smallest absolute Gasteiger partial charge is 0.270 e. The van der Waals surface area contributed by atoms with Gasteiger partial charge in [0.2, 0.25) is 11.8 Å². The van der Waals surface area contributed by atoms with Crippen LogP contribution < -0.4 is 25.2 Å². The van der Waals surface area contributed by atoms with E-state index in [0.717, 1.165) is 24.1 Å². The molecule has 1 saturated carbocycles. The fourth-order valence-electron chi connectivity index (χ4n) is 6.24. The van der Waals surface area contributed by atoms with E-state index in [1.54, 1.807) is 33.0 Å². The van der Waals surface area contributed by atoms with Gasteiger partial charge in [0.25, 0.3) is 5.91 Å². The first kappa shape index (κ1) is 31.9. The molecule has 10 heteroatoms. The fraction of sp³-hybridized carbons (Fsp3) is 0.559. The molecule has 0 radical (unpaired) electrons. The highest BCUT2D eigenvalue weighted by Crippen LogP contribution is 2.43. The molecule has 2 aliphatic heterocycles. The van der Waals surface area contributed by atoms with Gasteiger partial charge in [-0.1, -0.05) is 30.3 Å². The Bertz CT molecular complexity index is 1310. The summed E-state index contributed by atoms with van der Waals surface area (Å²) in [4.78, 5) is 44.6. The van der Waals surface area contributed by atoms with Crippen molar-refractivity contribution in [3.63, 3.8) is 0 Å². The van der Waals surface area contributed by atoms with E-state index in [4.69, 9.17) is 14.2 Å². The number of nitrogens with zero attached hydrogens (tertiary/aromatic N) is 2. The number of piperidine rings is 1. The van der Waals surface area contributed by atoms with Gasteiger partial charge in [-0.15, -0.1) is 0 Å². The summed E-state index contributed by atoms with van der Waals surface area (Å²) in [7, 11) is 3.28. The molecule has 0 spiro atoms. The number of rotatable bonds is 13. The minimum absolute atomic E-state index is 0.00416. The highest BCUT2D eigenvalue weighted by atomic mass is 16.5. The second-order valence-corrected chi connectivity index (χ2v) is 12.6. The second-order valence-electron chi connectivity index (χ2n) is 12.6. The number of carbonyl (C=O) groups excluding carboxylic acids is 3. The van der Waals surface area contributed by atoms with Crippen LogP contribution in [0.4, 0.5) is 11.4 Å². The summed E-state index contributed by atoms with van der Waals surface area (Å²) in [5, 5.41) is 6.52. The Morgan fingerprint density at radius 3 is 2.55 bits per heavy atom. The largest absolute Gasteiger partial charge is 0.476 e. The fourth-order valence-corrected chi connectivity index (χ4v) is 6.24. The van der Waals surface area contributed by atoms with E-state index in [-0.39, 0.29) is 41.6 Å². The Balaban J connectivity index is 1.30.